The molecular weight excluding hydrogens is 489 g/mol. The highest BCUT2D eigenvalue weighted by Gasteiger charge is 2.38. The average Bonchev–Trinajstić information content (AvgIpc) is 2.73. The van der Waals surface area contributed by atoms with Gasteiger partial charge in [-0.2, -0.15) is 4.72 Å². The molecule has 0 saturated carbocycles. The number of carbonyl (C=O) groups is 2. The van der Waals surface area contributed by atoms with Gasteiger partial charge in [-0.05, 0) is 26.3 Å². The highest BCUT2D eigenvalue weighted by molar-refractivity contribution is 7.89. The molecular formula is C21H20F5NO6S. The Hall–Kier alpha value is -3.06. The molecule has 0 aliphatic rings. The quantitative estimate of drug-likeness (QED) is 0.253. The number of ether oxygens (including phenoxy) is 2. The summed E-state index contributed by atoms with van der Waals surface area (Å²) in [6.07, 6.45) is -1.00. The molecule has 0 spiro atoms. The standard InChI is InChI=1S/C21H20F5NO6S/c1-21(2,3)33-20(29)12(9-13(28)32-10-11-7-5-4-6-8-11)27-34(30,31)19-17(25)15(23)14(22)16(24)18(19)26/h4-8,12,27H,9-10H2,1-3H3/t12-/m0/s1. The maximum Gasteiger partial charge on any atom is 0.325 e. The summed E-state index contributed by atoms with van der Waals surface area (Å²) in [7, 11) is -5.55. The number of esters is 2. The molecule has 186 valence electrons. The van der Waals surface area contributed by atoms with Gasteiger partial charge in [-0.15, -0.1) is 0 Å². The average molecular weight is 509 g/mol. The van der Waals surface area contributed by atoms with E-state index in [0.717, 1.165) is 0 Å². The molecule has 0 saturated heterocycles. The predicted molar refractivity (Wildman–Crippen MR) is 107 cm³/mol. The van der Waals surface area contributed by atoms with Crippen molar-refractivity contribution in [2.24, 2.45) is 0 Å². The second-order valence-electron chi connectivity index (χ2n) is 7.96. The molecule has 1 N–H and O–H groups in total. The lowest BCUT2D eigenvalue weighted by Crippen LogP contribution is -2.46. The van der Waals surface area contributed by atoms with E-state index in [4.69, 9.17) is 9.47 Å². The highest BCUT2D eigenvalue weighted by atomic mass is 32.2. The van der Waals surface area contributed by atoms with Crippen LogP contribution in [0.1, 0.15) is 32.8 Å². The second-order valence-corrected chi connectivity index (χ2v) is 9.61. The van der Waals surface area contributed by atoms with Crippen molar-refractivity contribution in [1.29, 1.82) is 0 Å². The number of carbonyl (C=O) groups excluding carboxylic acids is 2. The number of hydrogen-bond acceptors (Lipinski definition) is 6. The molecule has 2 aromatic rings. The summed E-state index contributed by atoms with van der Waals surface area (Å²) in [6.45, 7) is 3.99. The van der Waals surface area contributed by atoms with Gasteiger partial charge in [-0.1, -0.05) is 30.3 Å². The molecule has 7 nitrogen and oxygen atoms in total. The van der Waals surface area contributed by atoms with Gasteiger partial charge in [0.2, 0.25) is 15.8 Å². The van der Waals surface area contributed by atoms with Gasteiger partial charge in [-0.25, -0.2) is 30.4 Å². The number of benzene rings is 2. The molecule has 0 radical (unpaired) electrons. The predicted octanol–water partition coefficient (Wildman–Crippen LogP) is 3.50. The Morgan fingerprint density at radius 2 is 1.41 bits per heavy atom. The monoisotopic (exact) mass is 509 g/mol. The molecule has 0 bridgehead atoms. The highest BCUT2D eigenvalue weighted by Crippen LogP contribution is 2.27. The van der Waals surface area contributed by atoms with Crippen LogP contribution >= 0.6 is 0 Å². The SMILES string of the molecule is CC(C)(C)OC(=O)[C@H](CC(=O)OCc1ccccc1)NS(=O)(=O)c1c(F)c(F)c(F)c(F)c1F. The first-order valence-electron chi connectivity index (χ1n) is 9.60. The first-order valence-corrected chi connectivity index (χ1v) is 11.1. The number of sulfonamides is 1. The first kappa shape index (κ1) is 27.2. The van der Waals surface area contributed by atoms with Crippen LogP contribution in [0.5, 0.6) is 0 Å². The van der Waals surface area contributed by atoms with E-state index in [9.17, 15) is 40.0 Å². The van der Waals surface area contributed by atoms with Crippen molar-refractivity contribution in [1.82, 2.24) is 4.72 Å². The van der Waals surface area contributed by atoms with Crippen molar-refractivity contribution < 1.29 is 49.4 Å². The van der Waals surface area contributed by atoms with E-state index in [0.29, 0.717) is 5.56 Å². The third-order valence-corrected chi connectivity index (χ3v) is 5.53. The fraction of sp³-hybridized carbons (Fsp3) is 0.333. The van der Waals surface area contributed by atoms with Crippen LogP contribution in [0.3, 0.4) is 0 Å². The fourth-order valence-corrected chi connectivity index (χ4v) is 3.90. The molecule has 0 fully saturated rings. The summed E-state index contributed by atoms with van der Waals surface area (Å²) in [5.41, 5.74) is -0.620. The van der Waals surface area contributed by atoms with Gasteiger partial charge in [0.15, 0.2) is 28.2 Å². The van der Waals surface area contributed by atoms with E-state index in [1.54, 1.807) is 30.3 Å². The lowest BCUT2D eigenvalue weighted by molar-refractivity contribution is -0.160. The summed E-state index contributed by atoms with van der Waals surface area (Å²) in [5.74, 6) is -15.3. The largest absolute Gasteiger partial charge is 0.461 e. The Bertz CT molecular complexity index is 1150. The third kappa shape index (κ3) is 6.73. The van der Waals surface area contributed by atoms with Crippen molar-refractivity contribution in [3.05, 3.63) is 65.0 Å². The van der Waals surface area contributed by atoms with Gasteiger partial charge in [0.1, 0.15) is 18.2 Å². The summed E-state index contributed by atoms with van der Waals surface area (Å²) < 4.78 is 105. The van der Waals surface area contributed by atoms with Crippen LogP contribution in [0.4, 0.5) is 22.0 Å². The lowest BCUT2D eigenvalue weighted by Gasteiger charge is -2.24. The van der Waals surface area contributed by atoms with Crippen LogP contribution in [-0.2, 0) is 35.7 Å². The zero-order valence-corrected chi connectivity index (χ0v) is 18.9. The van der Waals surface area contributed by atoms with Gasteiger partial charge in [0, 0.05) is 0 Å². The Kier molecular flexibility index (Phi) is 8.37. The number of hydrogen-bond donors (Lipinski definition) is 1. The number of halogens is 5. The topological polar surface area (TPSA) is 98.8 Å². The molecule has 0 aromatic heterocycles. The van der Waals surface area contributed by atoms with Crippen molar-refractivity contribution in [3.63, 3.8) is 0 Å². The van der Waals surface area contributed by atoms with Crippen LogP contribution < -0.4 is 4.72 Å². The Balaban J connectivity index is 2.34. The van der Waals surface area contributed by atoms with Gasteiger partial charge >= 0.3 is 11.9 Å². The molecule has 0 aliphatic heterocycles. The number of rotatable bonds is 8. The smallest absolute Gasteiger partial charge is 0.325 e. The third-order valence-electron chi connectivity index (χ3n) is 4.04. The van der Waals surface area contributed by atoms with Crippen LogP contribution in [0, 0.1) is 29.1 Å². The molecule has 0 unspecified atom stereocenters. The van der Waals surface area contributed by atoms with E-state index >= 15 is 0 Å². The maximum atomic E-state index is 14.0. The van der Waals surface area contributed by atoms with E-state index in [1.807, 2.05) is 0 Å². The molecule has 34 heavy (non-hydrogen) atoms. The second kappa shape index (κ2) is 10.5. The van der Waals surface area contributed by atoms with Crippen molar-refractivity contribution in [2.45, 2.75) is 50.3 Å². The van der Waals surface area contributed by atoms with Gasteiger partial charge in [-0.3, -0.25) is 9.59 Å². The molecule has 13 heteroatoms. The van der Waals surface area contributed by atoms with Crippen LogP contribution in [-0.4, -0.2) is 32.0 Å². The summed E-state index contributed by atoms with van der Waals surface area (Å²) in [6, 6.07) is 6.14. The van der Waals surface area contributed by atoms with Crippen LogP contribution in [0.2, 0.25) is 0 Å². The van der Waals surface area contributed by atoms with Crippen LogP contribution in [0.25, 0.3) is 0 Å². The number of nitrogens with one attached hydrogen (secondary N) is 1. The van der Waals surface area contributed by atoms with Crippen LogP contribution in [0.15, 0.2) is 35.2 Å². The normalized spacial score (nSPS) is 12.8. The molecule has 2 aromatic carbocycles. The van der Waals surface area contributed by atoms with E-state index < -0.39 is 74.0 Å². The molecule has 0 aliphatic carbocycles. The maximum absolute atomic E-state index is 14.0. The van der Waals surface area contributed by atoms with Gasteiger partial charge < -0.3 is 9.47 Å². The van der Waals surface area contributed by atoms with E-state index in [1.165, 1.54) is 25.5 Å². The summed E-state index contributed by atoms with van der Waals surface area (Å²) in [4.78, 5) is 22.5. The van der Waals surface area contributed by atoms with Gasteiger partial charge in [0.25, 0.3) is 0 Å². The lowest BCUT2D eigenvalue weighted by atomic mass is 10.1. The molecule has 0 heterocycles. The minimum Gasteiger partial charge on any atom is -0.461 e. The minimum absolute atomic E-state index is 0.245. The molecule has 0 amide bonds. The Morgan fingerprint density at radius 1 is 0.912 bits per heavy atom. The zero-order chi connectivity index (χ0) is 25.8. The van der Waals surface area contributed by atoms with Crippen molar-refractivity contribution >= 4 is 22.0 Å². The Labute approximate surface area is 191 Å². The van der Waals surface area contributed by atoms with E-state index in [-0.39, 0.29) is 6.61 Å². The van der Waals surface area contributed by atoms with Crippen molar-refractivity contribution in [2.75, 3.05) is 0 Å². The fourth-order valence-electron chi connectivity index (χ4n) is 2.58. The molecule has 2 rings (SSSR count). The zero-order valence-electron chi connectivity index (χ0n) is 18.1. The molecule has 1 atom stereocenters. The summed E-state index contributed by atoms with van der Waals surface area (Å²) in [5, 5.41) is 0. The van der Waals surface area contributed by atoms with Gasteiger partial charge in [0.05, 0.1) is 6.42 Å². The van der Waals surface area contributed by atoms with E-state index in [2.05, 4.69) is 0 Å². The Morgan fingerprint density at radius 3 is 1.91 bits per heavy atom. The van der Waals surface area contributed by atoms with Crippen molar-refractivity contribution in [3.8, 4) is 0 Å². The first-order chi connectivity index (χ1) is 15.6. The minimum atomic E-state index is -5.55. The summed E-state index contributed by atoms with van der Waals surface area (Å²) >= 11 is 0.